The van der Waals surface area contributed by atoms with Crippen LogP contribution >= 0.6 is 15.9 Å². The van der Waals surface area contributed by atoms with E-state index in [1.807, 2.05) is 0 Å². The quantitative estimate of drug-likeness (QED) is 0.368. The maximum Gasteiger partial charge on any atom is 0.226 e. The molecule has 2 heterocycles. The van der Waals surface area contributed by atoms with Crippen LogP contribution < -0.4 is 5.32 Å². The van der Waals surface area contributed by atoms with E-state index in [0.717, 1.165) is 10.7 Å². The highest BCUT2D eigenvalue weighted by molar-refractivity contribution is 9.10. The Morgan fingerprint density at radius 2 is 1.97 bits per heavy atom. The van der Waals surface area contributed by atoms with Gasteiger partial charge < -0.3 is 10.1 Å². The summed E-state index contributed by atoms with van der Waals surface area (Å²) in [6.07, 6.45) is 1.31. The molecule has 3 rings (SSSR count). The van der Waals surface area contributed by atoms with Crippen LogP contribution in [0.4, 0.5) is 20.4 Å². The molecule has 11 heteroatoms. The van der Waals surface area contributed by atoms with E-state index in [1.54, 1.807) is 13.1 Å². The molecular weight excluding hydrogens is 462 g/mol. The third-order valence-electron chi connectivity index (χ3n) is 4.24. The number of aryl methyl sites for hydroxylation is 1. The molecule has 2 aromatic heterocycles. The fourth-order valence-corrected chi connectivity index (χ4v) is 3.74. The fourth-order valence-electron chi connectivity index (χ4n) is 2.57. The Bertz CT molecular complexity index is 1000. The number of aromatic nitrogens is 5. The number of halogens is 3. The summed E-state index contributed by atoms with van der Waals surface area (Å²) in [5.41, 5.74) is 0.682. The smallest absolute Gasteiger partial charge is 0.226 e. The summed E-state index contributed by atoms with van der Waals surface area (Å²) >= 11 is 3.18. The lowest BCUT2D eigenvalue weighted by Crippen LogP contribution is -2.22. The van der Waals surface area contributed by atoms with Crippen LogP contribution in [0.3, 0.4) is 0 Å². The first kappa shape index (κ1) is 21.6. The molecule has 0 aliphatic rings. The molecule has 1 N–H and O–H groups in total. The number of anilines is 2. The van der Waals surface area contributed by atoms with Gasteiger partial charge in [0, 0.05) is 33.0 Å². The molecule has 0 radical (unpaired) electrons. The maximum absolute atomic E-state index is 14.7. The lowest BCUT2D eigenvalue weighted by molar-refractivity contribution is 0.0700. The van der Waals surface area contributed by atoms with Crippen molar-refractivity contribution in [3.63, 3.8) is 0 Å². The summed E-state index contributed by atoms with van der Waals surface area (Å²) in [5, 5.41) is 11.0. The van der Waals surface area contributed by atoms with Crippen LogP contribution in [0.2, 0.25) is 25.7 Å². The van der Waals surface area contributed by atoms with Crippen molar-refractivity contribution in [2.75, 3.05) is 11.9 Å². The van der Waals surface area contributed by atoms with Crippen LogP contribution in [0, 0.1) is 11.8 Å². The summed E-state index contributed by atoms with van der Waals surface area (Å²) in [7, 11) is 0.492. The number of rotatable bonds is 8. The number of hydrogen-bond donors (Lipinski definition) is 1. The summed E-state index contributed by atoms with van der Waals surface area (Å²) in [5.74, 6) is -0.761. The van der Waals surface area contributed by atoms with E-state index in [0.29, 0.717) is 23.0 Å². The molecule has 0 aliphatic heterocycles. The van der Waals surface area contributed by atoms with E-state index in [4.69, 9.17) is 4.74 Å². The van der Waals surface area contributed by atoms with Crippen LogP contribution in [-0.4, -0.2) is 39.2 Å². The zero-order valence-electron chi connectivity index (χ0n) is 16.7. The summed E-state index contributed by atoms with van der Waals surface area (Å²) < 4.78 is 37.9. The molecule has 0 unspecified atom stereocenters. The van der Waals surface area contributed by atoms with Gasteiger partial charge in [0.25, 0.3) is 0 Å². The van der Waals surface area contributed by atoms with Crippen LogP contribution in [0.5, 0.6) is 0 Å². The van der Waals surface area contributed by atoms with Crippen molar-refractivity contribution < 1.29 is 13.5 Å². The Hall–Kier alpha value is -2.11. The Balaban J connectivity index is 1.71. The molecule has 0 bridgehead atoms. The second kappa shape index (κ2) is 8.72. The Labute approximate surface area is 177 Å². The Morgan fingerprint density at radius 3 is 2.59 bits per heavy atom. The van der Waals surface area contributed by atoms with Crippen molar-refractivity contribution in [3.8, 4) is 11.1 Å². The lowest BCUT2D eigenvalue weighted by atomic mass is 10.1. The Morgan fingerprint density at radius 1 is 1.21 bits per heavy atom. The first-order valence-electron chi connectivity index (χ1n) is 9.06. The van der Waals surface area contributed by atoms with E-state index < -0.39 is 19.8 Å². The average Bonchev–Trinajstić information content (AvgIpc) is 3.13. The molecule has 0 aliphatic carbocycles. The van der Waals surface area contributed by atoms with E-state index in [9.17, 15) is 8.78 Å². The van der Waals surface area contributed by atoms with E-state index >= 15 is 0 Å². The van der Waals surface area contributed by atoms with E-state index in [2.05, 4.69) is 56.1 Å². The normalized spacial score (nSPS) is 11.8. The van der Waals surface area contributed by atoms with Gasteiger partial charge in [-0.2, -0.15) is 14.5 Å². The first-order valence-corrected chi connectivity index (χ1v) is 13.6. The van der Waals surface area contributed by atoms with Gasteiger partial charge in [-0.05, 0) is 40.2 Å². The topological polar surface area (TPSA) is 69.8 Å². The van der Waals surface area contributed by atoms with Crippen molar-refractivity contribution >= 4 is 35.6 Å². The molecule has 0 saturated heterocycles. The predicted octanol–water partition coefficient (Wildman–Crippen LogP) is 4.78. The predicted molar refractivity (Wildman–Crippen MR) is 114 cm³/mol. The first-order chi connectivity index (χ1) is 13.6. The number of hydrogen-bond acceptors (Lipinski definition) is 5. The van der Waals surface area contributed by atoms with Crippen LogP contribution in [0.25, 0.3) is 11.1 Å². The largest absolute Gasteiger partial charge is 0.359 e. The molecule has 29 heavy (non-hydrogen) atoms. The minimum atomic E-state index is -1.22. The summed E-state index contributed by atoms with van der Waals surface area (Å²) in [6.45, 7) is 7.28. The van der Waals surface area contributed by atoms with Gasteiger partial charge in [-0.3, -0.25) is 0 Å². The number of ether oxygens (including phenoxy) is 1. The minimum absolute atomic E-state index is 0.00138. The molecule has 1 aromatic carbocycles. The van der Waals surface area contributed by atoms with Crippen molar-refractivity contribution in [1.29, 1.82) is 0 Å². The molecule has 0 saturated carbocycles. The molecule has 156 valence electrons. The molecule has 7 nitrogen and oxygen atoms in total. The standard InChI is InChI=1S/C18H23BrF2N6OSi/c1-26-18(24-17(19)25-26)23-12-5-6-13(15(20)9-12)14-10-22-27(16(14)21)11-28-7-8-29(2,3)4/h5-6,9-10H,7-8,11H2,1-4H3,(H,23,24,25). The lowest BCUT2D eigenvalue weighted by Gasteiger charge is -2.15. The zero-order valence-corrected chi connectivity index (χ0v) is 19.3. The highest BCUT2D eigenvalue weighted by Gasteiger charge is 2.17. The summed E-state index contributed by atoms with van der Waals surface area (Å²) in [4.78, 5) is 4.13. The molecular formula is C18H23BrF2N6OSi. The van der Waals surface area contributed by atoms with Gasteiger partial charge in [0.2, 0.25) is 16.6 Å². The van der Waals surface area contributed by atoms with Crippen LogP contribution in [-0.2, 0) is 18.5 Å². The van der Waals surface area contributed by atoms with Gasteiger partial charge in [-0.15, -0.1) is 5.10 Å². The molecule has 0 fully saturated rings. The number of nitrogens with zero attached hydrogens (tertiary/aromatic N) is 5. The van der Waals surface area contributed by atoms with E-state index in [1.165, 1.54) is 23.0 Å². The number of nitrogens with one attached hydrogen (secondary N) is 1. The maximum atomic E-state index is 14.7. The second-order valence-electron chi connectivity index (χ2n) is 7.84. The zero-order chi connectivity index (χ0) is 21.2. The van der Waals surface area contributed by atoms with Gasteiger partial charge in [0.15, 0.2) is 0 Å². The number of benzene rings is 1. The highest BCUT2D eigenvalue weighted by atomic mass is 79.9. The molecule has 0 amide bonds. The van der Waals surface area contributed by atoms with Crippen LogP contribution in [0.15, 0.2) is 29.1 Å². The van der Waals surface area contributed by atoms with E-state index in [-0.39, 0.29) is 17.9 Å². The van der Waals surface area contributed by atoms with Gasteiger partial charge in [-0.1, -0.05) is 19.6 Å². The monoisotopic (exact) mass is 484 g/mol. The molecule has 0 spiro atoms. The van der Waals surface area contributed by atoms with Gasteiger partial charge in [0.1, 0.15) is 12.5 Å². The van der Waals surface area contributed by atoms with Crippen molar-refractivity contribution in [3.05, 3.63) is 40.9 Å². The second-order valence-corrected chi connectivity index (χ2v) is 14.2. The van der Waals surface area contributed by atoms with Crippen molar-refractivity contribution in [2.24, 2.45) is 7.05 Å². The van der Waals surface area contributed by atoms with Crippen molar-refractivity contribution in [2.45, 2.75) is 32.4 Å². The average molecular weight is 485 g/mol. The molecule has 3 aromatic rings. The van der Waals surface area contributed by atoms with Gasteiger partial charge >= 0.3 is 0 Å². The van der Waals surface area contributed by atoms with Crippen molar-refractivity contribution in [1.82, 2.24) is 24.5 Å². The van der Waals surface area contributed by atoms with Gasteiger partial charge in [0.05, 0.1) is 11.8 Å². The Kier molecular flexibility index (Phi) is 6.49. The summed E-state index contributed by atoms with van der Waals surface area (Å²) in [6, 6.07) is 5.40. The van der Waals surface area contributed by atoms with Crippen LogP contribution in [0.1, 0.15) is 0 Å². The van der Waals surface area contributed by atoms with Gasteiger partial charge in [-0.25, -0.2) is 13.8 Å². The SMILES string of the molecule is Cn1nc(Br)nc1Nc1ccc(-c2cnn(COCC[Si](C)(C)C)c2F)c(F)c1. The highest BCUT2D eigenvalue weighted by Crippen LogP contribution is 2.28. The minimum Gasteiger partial charge on any atom is -0.359 e. The third kappa shape index (κ3) is 5.49. The molecule has 0 atom stereocenters. The fraction of sp³-hybridized carbons (Fsp3) is 0.389. The third-order valence-corrected chi connectivity index (χ3v) is 6.28.